The number of thiophene rings is 1. The number of aromatic nitrogens is 4. The Morgan fingerprint density at radius 2 is 1.02 bits per heavy atom. The molecule has 0 spiro atoms. The van der Waals surface area contributed by atoms with Crippen molar-refractivity contribution in [3.05, 3.63) is 176 Å². The Hall–Kier alpha value is -6.63. The van der Waals surface area contributed by atoms with E-state index in [0.29, 0.717) is 17.6 Å². The summed E-state index contributed by atoms with van der Waals surface area (Å²) in [5.41, 5.74) is 7.17. The van der Waals surface area contributed by atoms with Crippen LogP contribution in [0.1, 0.15) is 0 Å². The molecule has 5 nitrogen and oxygen atoms in total. The Morgan fingerprint density at radius 3 is 1.75 bits per heavy atom. The molecule has 0 aliphatic carbocycles. The number of hydrogen-bond acceptors (Lipinski definition) is 5. The molecule has 0 fully saturated rings. The van der Waals surface area contributed by atoms with Crippen LogP contribution in [0.3, 0.4) is 0 Å². The fourth-order valence-electron chi connectivity index (χ4n) is 7.16. The first-order valence-electron chi connectivity index (χ1n) is 17.0. The van der Waals surface area contributed by atoms with E-state index >= 15 is 0 Å². The Bertz CT molecular complexity index is 2800. The van der Waals surface area contributed by atoms with E-state index < -0.39 is 0 Å². The molecule has 0 amide bonds. The van der Waals surface area contributed by atoms with E-state index in [1.807, 2.05) is 72.0 Å². The van der Waals surface area contributed by atoms with Crippen molar-refractivity contribution < 1.29 is 0 Å². The second kappa shape index (κ2) is 12.1. The summed E-state index contributed by atoms with van der Waals surface area (Å²) in [5, 5.41) is 4.78. The molecule has 0 aliphatic heterocycles. The van der Waals surface area contributed by atoms with Gasteiger partial charge in [0.05, 0.1) is 16.7 Å². The van der Waals surface area contributed by atoms with Gasteiger partial charge in [-0.15, -0.1) is 11.3 Å². The number of benzene rings is 7. The smallest absolute Gasteiger partial charge is 0.238 e. The van der Waals surface area contributed by atoms with Crippen molar-refractivity contribution in [2.45, 2.75) is 0 Å². The van der Waals surface area contributed by atoms with Gasteiger partial charge in [0.25, 0.3) is 0 Å². The summed E-state index contributed by atoms with van der Waals surface area (Å²) in [6, 6.07) is 61.5. The largest absolute Gasteiger partial charge is 0.310 e. The minimum Gasteiger partial charge on any atom is -0.310 e. The lowest BCUT2D eigenvalue weighted by atomic mass is 10.1. The van der Waals surface area contributed by atoms with E-state index in [9.17, 15) is 0 Å². The maximum atomic E-state index is 5.15. The van der Waals surface area contributed by atoms with Gasteiger partial charge >= 0.3 is 0 Å². The zero-order valence-corrected chi connectivity index (χ0v) is 28.2. The number of anilines is 3. The molecule has 6 heteroatoms. The monoisotopic (exact) mass is 671 g/mol. The van der Waals surface area contributed by atoms with Gasteiger partial charge in [-0.1, -0.05) is 121 Å². The maximum absolute atomic E-state index is 5.15. The highest BCUT2D eigenvalue weighted by Crippen LogP contribution is 2.45. The van der Waals surface area contributed by atoms with Crippen LogP contribution in [0.25, 0.3) is 70.7 Å². The van der Waals surface area contributed by atoms with Gasteiger partial charge in [0.1, 0.15) is 0 Å². The minimum absolute atomic E-state index is 0.573. The molecule has 0 saturated carbocycles. The van der Waals surface area contributed by atoms with E-state index in [4.69, 9.17) is 15.0 Å². The van der Waals surface area contributed by atoms with Crippen molar-refractivity contribution in [2.24, 2.45) is 0 Å². The van der Waals surface area contributed by atoms with Crippen LogP contribution < -0.4 is 4.90 Å². The van der Waals surface area contributed by atoms with Crippen LogP contribution in [0, 0.1) is 0 Å². The normalized spacial score (nSPS) is 11.5. The van der Waals surface area contributed by atoms with E-state index in [2.05, 4.69) is 125 Å². The third-order valence-electron chi connectivity index (χ3n) is 9.44. The molecule has 10 aromatic rings. The van der Waals surface area contributed by atoms with Crippen molar-refractivity contribution in [3.8, 4) is 28.7 Å². The molecule has 240 valence electrons. The topological polar surface area (TPSA) is 46.8 Å². The van der Waals surface area contributed by atoms with Crippen molar-refractivity contribution in [1.82, 2.24) is 19.5 Å². The van der Waals surface area contributed by atoms with Crippen LogP contribution in [-0.2, 0) is 0 Å². The number of rotatable bonds is 6. The average Bonchev–Trinajstić information content (AvgIpc) is 3.75. The molecule has 3 heterocycles. The zero-order chi connectivity index (χ0) is 33.7. The van der Waals surface area contributed by atoms with Gasteiger partial charge in [-0.2, -0.15) is 9.97 Å². The predicted octanol–water partition coefficient (Wildman–Crippen LogP) is 12.1. The van der Waals surface area contributed by atoms with Crippen LogP contribution in [0.15, 0.2) is 176 Å². The van der Waals surface area contributed by atoms with Gasteiger partial charge in [-0.05, 0) is 54.6 Å². The molecular weight excluding hydrogens is 643 g/mol. The first-order chi connectivity index (χ1) is 25.3. The molecule has 0 unspecified atom stereocenters. The van der Waals surface area contributed by atoms with Crippen LogP contribution in [0.5, 0.6) is 0 Å². The Labute approximate surface area is 298 Å². The first-order valence-corrected chi connectivity index (χ1v) is 17.8. The van der Waals surface area contributed by atoms with E-state index in [1.165, 1.54) is 20.2 Å². The SMILES string of the molecule is c1ccc(-c2nc(-c3ccccc3)nc(-n3c4ccccc4c4c(N(c5ccccc5)c5ccc6sc7ccccc7c6c5)cccc43)n2)cc1. The van der Waals surface area contributed by atoms with Crippen molar-refractivity contribution >= 4 is 70.4 Å². The molecule has 0 N–H and O–H groups in total. The summed E-state index contributed by atoms with van der Waals surface area (Å²) in [6.45, 7) is 0. The van der Waals surface area contributed by atoms with Crippen molar-refractivity contribution in [1.29, 1.82) is 0 Å². The molecule has 7 aromatic carbocycles. The third kappa shape index (κ3) is 4.96. The summed E-state index contributed by atoms with van der Waals surface area (Å²) < 4.78 is 4.76. The van der Waals surface area contributed by atoms with Gasteiger partial charge in [0, 0.05) is 53.4 Å². The summed E-state index contributed by atoms with van der Waals surface area (Å²) >= 11 is 1.84. The van der Waals surface area contributed by atoms with Crippen LogP contribution in [0.2, 0.25) is 0 Å². The molecule has 0 bridgehead atoms. The van der Waals surface area contributed by atoms with E-state index in [0.717, 1.165) is 50.0 Å². The number of nitrogens with zero attached hydrogens (tertiary/aromatic N) is 5. The van der Waals surface area contributed by atoms with Crippen molar-refractivity contribution in [2.75, 3.05) is 4.90 Å². The molecule has 10 rings (SSSR count). The molecular formula is C45H29N5S. The minimum atomic E-state index is 0.573. The molecule has 51 heavy (non-hydrogen) atoms. The summed E-state index contributed by atoms with van der Waals surface area (Å²) in [4.78, 5) is 17.6. The Kier molecular flexibility index (Phi) is 6.93. The third-order valence-corrected chi connectivity index (χ3v) is 10.6. The lowest BCUT2D eigenvalue weighted by Crippen LogP contribution is -2.10. The second-order valence-corrected chi connectivity index (χ2v) is 13.6. The van der Waals surface area contributed by atoms with Gasteiger partial charge in [-0.25, -0.2) is 4.98 Å². The predicted molar refractivity (Wildman–Crippen MR) is 213 cm³/mol. The Morgan fingerprint density at radius 1 is 0.431 bits per heavy atom. The van der Waals surface area contributed by atoms with Crippen LogP contribution in [0.4, 0.5) is 17.1 Å². The lowest BCUT2D eigenvalue weighted by molar-refractivity contribution is 0.953. The van der Waals surface area contributed by atoms with Crippen LogP contribution >= 0.6 is 11.3 Å². The van der Waals surface area contributed by atoms with E-state index in [-0.39, 0.29) is 0 Å². The highest BCUT2D eigenvalue weighted by molar-refractivity contribution is 7.25. The average molecular weight is 672 g/mol. The molecule has 0 saturated heterocycles. The number of fused-ring (bicyclic) bond motifs is 6. The summed E-state index contributed by atoms with van der Waals surface area (Å²) in [6.07, 6.45) is 0. The fraction of sp³-hybridized carbons (Fsp3) is 0. The number of para-hydroxylation sites is 2. The molecule has 0 atom stereocenters. The van der Waals surface area contributed by atoms with Gasteiger partial charge in [0.2, 0.25) is 5.95 Å². The van der Waals surface area contributed by atoms with Gasteiger partial charge in [-0.3, -0.25) is 4.57 Å². The standard InChI is InChI=1S/C45H29N5S/c1-4-15-30(16-5-1)43-46-44(31-17-6-2-7-18-31)48-45(47-43)50-37-23-12-10-22-35(37)42-38(24-14-25-39(42)50)49(32-19-8-3-9-20-32)33-27-28-41-36(29-33)34-21-11-13-26-40(34)51-41/h1-29H. The van der Waals surface area contributed by atoms with Gasteiger partial charge in [0.15, 0.2) is 11.6 Å². The highest BCUT2D eigenvalue weighted by atomic mass is 32.1. The molecule has 0 aliphatic rings. The molecule has 0 radical (unpaired) electrons. The van der Waals surface area contributed by atoms with E-state index in [1.54, 1.807) is 0 Å². The van der Waals surface area contributed by atoms with Crippen molar-refractivity contribution in [3.63, 3.8) is 0 Å². The Balaban J connectivity index is 1.25. The summed E-state index contributed by atoms with van der Waals surface area (Å²) in [5.74, 6) is 1.83. The quantitative estimate of drug-likeness (QED) is 0.176. The lowest BCUT2D eigenvalue weighted by Gasteiger charge is -2.26. The fourth-order valence-corrected chi connectivity index (χ4v) is 8.24. The highest BCUT2D eigenvalue weighted by Gasteiger charge is 2.23. The second-order valence-electron chi connectivity index (χ2n) is 12.5. The summed E-state index contributed by atoms with van der Waals surface area (Å²) in [7, 11) is 0. The van der Waals surface area contributed by atoms with Gasteiger partial charge < -0.3 is 4.90 Å². The van der Waals surface area contributed by atoms with Crippen LogP contribution in [-0.4, -0.2) is 19.5 Å². The maximum Gasteiger partial charge on any atom is 0.238 e. The first kappa shape index (κ1) is 29.3. The zero-order valence-electron chi connectivity index (χ0n) is 27.4. The molecule has 3 aromatic heterocycles. The number of hydrogen-bond donors (Lipinski definition) is 0.